The van der Waals surface area contributed by atoms with Crippen molar-refractivity contribution in [3.63, 3.8) is 0 Å². The van der Waals surface area contributed by atoms with Gasteiger partial charge in [0.1, 0.15) is 22.3 Å². The lowest BCUT2D eigenvalue weighted by molar-refractivity contribution is 0.663. The van der Waals surface area contributed by atoms with E-state index in [0.29, 0.717) is 0 Å². The second-order valence-corrected chi connectivity index (χ2v) is 12.0. The number of furan rings is 2. The van der Waals surface area contributed by atoms with Crippen LogP contribution in [0.15, 0.2) is 167 Å². The molecule has 2 heterocycles. The highest BCUT2D eigenvalue weighted by molar-refractivity contribution is 6.27. The van der Waals surface area contributed by atoms with Gasteiger partial charge in [-0.2, -0.15) is 0 Å². The molecule has 0 spiro atoms. The summed E-state index contributed by atoms with van der Waals surface area (Å²) in [6, 6.07) is 56.1. The number of benzene rings is 8. The summed E-state index contributed by atoms with van der Waals surface area (Å²) in [5.74, 6) is 0. The maximum atomic E-state index is 6.56. The molecule has 10 rings (SSSR count). The number of fused-ring (bicyclic) bond motifs is 9. The predicted molar refractivity (Wildman–Crippen MR) is 192 cm³/mol. The second-order valence-electron chi connectivity index (χ2n) is 12.0. The molecule has 2 nitrogen and oxygen atoms in total. The number of hydrogen-bond donors (Lipinski definition) is 0. The Morgan fingerprint density at radius 3 is 1.33 bits per heavy atom. The van der Waals surface area contributed by atoms with Gasteiger partial charge in [0.2, 0.25) is 0 Å². The molecular formula is C44H26O2. The SMILES string of the molecule is c1ccc(-c2ccc(-c3c4ccccc4c(-c4ccc5c(c4)oc4ccc6oc7ccccc7c6c45)c4ccccc34)cc2)cc1. The normalized spacial score (nSPS) is 11.9. The fourth-order valence-corrected chi connectivity index (χ4v) is 7.45. The summed E-state index contributed by atoms with van der Waals surface area (Å²) in [5.41, 5.74) is 10.8. The van der Waals surface area contributed by atoms with Gasteiger partial charge in [-0.05, 0) is 85.3 Å². The van der Waals surface area contributed by atoms with E-state index in [1.807, 2.05) is 24.3 Å². The van der Waals surface area contributed by atoms with Crippen molar-refractivity contribution in [1.82, 2.24) is 0 Å². The van der Waals surface area contributed by atoms with Gasteiger partial charge in [0.05, 0.1) is 0 Å². The summed E-state index contributed by atoms with van der Waals surface area (Å²) in [7, 11) is 0. The largest absolute Gasteiger partial charge is 0.456 e. The summed E-state index contributed by atoms with van der Waals surface area (Å²) in [6.45, 7) is 0. The number of rotatable bonds is 3. The third-order valence-corrected chi connectivity index (χ3v) is 9.48. The first-order chi connectivity index (χ1) is 22.8. The first-order valence-corrected chi connectivity index (χ1v) is 15.7. The van der Waals surface area contributed by atoms with E-state index in [2.05, 4.69) is 133 Å². The van der Waals surface area contributed by atoms with Crippen molar-refractivity contribution in [1.29, 1.82) is 0 Å². The third kappa shape index (κ3) is 3.65. The molecule has 0 saturated carbocycles. The minimum atomic E-state index is 0.871. The van der Waals surface area contributed by atoms with Crippen LogP contribution in [0, 0.1) is 0 Å². The molecule has 0 saturated heterocycles. The molecule has 0 unspecified atom stereocenters. The number of para-hydroxylation sites is 1. The Balaban J connectivity index is 1.21. The van der Waals surface area contributed by atoms with Crippen molar-refractivity contribution in [3.8, 4) is 33.4 Å². The molecule has 0 aliphatic heterocycles. The summed E-state index contributed by atoms with van der Waals surface area (Å²) in [6.07, 6.45) is 0. The van der Waals surface area contributed by atoms with E-state index in [-0.39, 0.29) is 0 Å². The van der Waals surface area contributed by atoms with Crippen LogP contribution in [0.3, 0.4) is 0 Å². The molecule has 46 heavy (non-hydrogen) atoms. The molecule has 2 heteroatoms. The maximum Gasteiger partial charge on any atom is 0.136 e. The maximum absolute atomic E-state index is 6.56. The Kier molecular flexibility index (Phi) is 5.31. The van der Waals surface area contributed by atoms with Gasteiger partial charge in [-0.15, -0.1) is 0 Å². The van der Waals surface area contributed by atoms with Gasteiger partial charge in [0.15, 0.2) is 0 Å². The van der Waals surface area contributed by atoms with Crippen LogP contribution in [0.1, 0.15) is 0 Å². The molecule has 0 N–H and O–H groups in total. The van der Waals surface area contributed by atoms with Gasteiger partial charge in [0.25, 0.3) is 0 Å². The van der Waals surface area contributed by atoms with Crippen LogP contribution in [-0.4, -0.2) is 0 Å². The van der Waals surface area contributed by atoms with Gasteiger partial charge in [-0.3, -0.25) is 0 Å². The fraction of sp³-hybridized carbons (Fsp3) is 0. The Morgan fingerprint density at radius 1 is 0.261 bits per heavy atom. The molecule has 0 amide bonds. The lowest BCUT2D eigenvalue weighted by Crippen LogP contribution is -1.91. The Morgan fingerprint density at radius 2 is 0.696 bits per heavy atom. The van der Waals surface area contributed by atoms with E-state index in [0.717, 1.165) is 49.4 Å². The van der Waals surface area contributed by atoms with Crippen molar-refractivity contribution < 1.29 is 8.83 Å². The standard InChI is InChI=1S/C44H26O2/c1-2-10-27(11-3-1)28-18-20-29(21-19-28)41-31-12-4-6-14-33(31)42(34-15-7-5-13-32(34)41)30-22-23-36-40(26-30)46-39-25-24-38-43(44(36)39)35-16-8-9-17-37(35)45-38/h1-26H. The summed E-state index contributed by atoms with van der Waals surface area (Å²) in [5, 5.41) is 9.34. The zero-order valence-corrected chi connectivity index (χ0v) is 24.8. The van der Waals surface area contributed by atoms with Crippen LogP contribution in [0.4, 0.5) is 0 Å². The fourth-order valence-electron chi connectivity index (χ4n) is 7.45. The van der Waals surface area contributed by atoms with Gasteiger partial charge in [-0.1, -0.05) is 127 Å². The van der Waals surface area contributed by atoms with Crippen molar-refractivity contribution in [2.24, 2.45) is 0 Å². The van der Waals surface area contributed by atoms with E-state index in [1.165, 1.54) is 49.4 Å². The number of hydrogen-bond acceptors (Lipinski definition) is 2. The quantitative estimate of drug-likeness (QED) is 0.193. The van der Waals surface area contributed by atoms with Crippen LogP contribution in [0.5, 0.6) is 0 Å². The average molecular weight is 587 g/mol. The molecule has 0 aliphatic carbocycles. The molecule has 0 fully saturated rings. The van der Waals surface area contributed by atoms with Gasteiger partial charge in [-0.25, -0.2) is 0 Å². The van der Waals surface area contributed by atoms with Crippen LogP contribution in [0.2, 0.25) is 0 Å². The van der Waals surface area contributed by atoms with Crippen LogP contribution < -0.4 is 0 Å². The molecule has 8 aromatic carbocycles. The molecule has 0 aliphatic rings. The molecule has 214 valence electrons. The van der Waals surface area contributed by atoms with Crippen molar-refractivity contribution in [2.75, 3.05) is 0 Å². The van der Waals surface area contributed by atoms with E-state index < -0.39 is 0 Å². The smallest absolute Gasteiger partial charge is 0.136 e. The van der Waals surface area contributed by atoms with Gasteiger partial charge < -0.3 is 8.83 Å². The summed E-state index contributed by atoms with van der Waals surface area (Å²) in [4.78, 5) is 0. The second kappa shape index (κ2) is 9.69. The highest BCUT2D eigenvalue weighted by Crippen LogP contribution is 2.46. The van der Waals surface area contributed by atoms with Crippen LogP contribution in [-0.2, 0) is 0 Å². The first kappa shape index (κ1) is 25.2. The van der Waals surface area contributed by atoms with Crippen molar-refractivity contribution >= 4 is 65.4 Å². The van der Waals surface area contributed by atoms with E-state index in [9.17, 15) is 0 Å². The van der Waals surface area contributed by atoms with Gasteiger partial charge in [0, 0.05) is 21.5 Å². The highest BCUT2D eigenvalue weighted by atomic mass is 16.3. The van der Waals surface area contributed by atoms with E-state index >= 15 is 0 Å². The summed E-state index contributed by atoms with van der Waals surface area (Å²) >= 11 is 0. The average Bonchev–Trinajstić information content (AvgIpc) is 3.68. The molecule has 0 bridgehead atoms. The van der Waals surface area contributed by atoms with Crippen molar-refractivity contribution in [2.45, 2.75) is 0 Å². The minimum Gasteiger partial charge on any atom is -0.456 e. The monoisotopic (exact) mass is 586 g/mol. The molecular weight excluding hydrogens is 560 g/mol. The van der Waals surface area contributed by atoms with E-state index in [1.54, 1.807) is 0 Å². The first-order valence-electron chi connectivity index (χ1n) is 15.7. The topological polar surface area (TPSA) is 26.3 Å². The molecule has 2 aromatic heterocycles. The zero-order chi connectivity index (χ0) is 30.2. The summed E-state index contributed by atoms with van der Waals surface area (Å²) < 4.78 is 12.8. The lowest BCUT2D eigenvalue weighted by atomic mass is 9.85. The van der Waals surface area contributed by atoms with Crippen molar-refractivity contribution in [3.05, 3.63) is 158 Å². The minimum absolute atomic E-state index is 0.871. The predicted octanol–water partition coefficient (Wildman–Crippen LogP) is 12.8. The third-order valence-electron chi connectivity index (χ3n) is 9.48. The zero-order valence-electron chi connectivity index (χ0n) is 24.8. The van der Waals surface area contributed by atoms with Crippen LogP contribution >= 0.6 is 0 Å². The Bertz CT molecular complexity index is 2720. The molecule has 0 radical (unpaired) electrons. The molecule has 0 atom stereocenters. The van der Waals surface area contributed by atoms with Gasteiger partial charge >= 0.3 is 0 Å². The van der Waals surface area contributed by atoms with Crippen LogP contribution in [0.25, 0.3) is 98.8 Å². The Hall–Kier alpha value is -6.12. The highest BCUT2D eigenvalue weighted by Gasteiger charge is 2.20. The lowest BCUT2D eigenvalue weighted by Gasteiger charge is -2.18. The molecule has 10 aromatic rings. The Labute approximate surface area is 264 Å². The van der Waals surface area contributed by atoms with E-state index in [4.69, 9.17) is 8.83 Å².